The first kappa shape index (κ1) is 10.6. The van der Waals surface area contributed by atoms with Gasteiger partial charge in [-0.2, -0.15) is 0 Å². The number of carbonyl (C=O) groups is 1. The predicted octanol–water partition coefficient (Wildman–Crippen LogP) is 1.54. The average molecular weight is 233 g/mol. The van der Waals surface area contributed by atoms with E-state index in [4.69, 9.17) is 9.47 Å². The first-order chi connectivity index (χ1) is 8.26. The minimum atomic E-state index is -0.0838. The van der Waals surface area contributed by atoms with Crippen molar-refractivity contribution in [3.63, 3.8) is 0 Å². The number of nitrogens with zero attached hydrogens (tertiary/aromatic N) is 1. The first-order valence-corrected chi connectivity index (χ1v) is 5.95. The van der Waals surface area contributed by atoms with E-state index in [-0.39, 0.29) is 11.9 Å². The summed E-state index contributed by atoms with van der Waals surface area (Å²) in [6, 6.07) is 2.00. The van der Waals surface area contributed by atoms with Gasteiger partial charge in [0.05, 0.1) is 19.6 Å². The van der Waals surface area contributed by atoms with Gasteiger partial charge < -0.3 is 9.47 Å². The van der Waals surface area contributed by atoms with Crippen LogP contribution in [0.1, 0.15) is 24.0 Å². The van der Waals surface area contributed by atoms with Gasteiger partial charge in [0.2, 0.25) is 5.88 Å². The number of hydrogen-bond donors (Lipinski definition) is 0. The molecule has 2 aliphatic rings. The van der Waals surface area contributed by atoms with E-state index in [1.54, 1.807) is 0 Å². The molecule has 1 heterocycles. The van der Waals surface area contributed by atoms with E-state index in [9.17, 15) is 4.79 Å². The zero-order valence-electron chi connectivity index (χ0n) is 9.97. The highest BCUT2D eigenvalue weighted by Crippen LogP contribution is 2.61. The molecule has 0 bridgehead atoms. The first-order valence-electron chi connectivity index (χ1n) is 5.95. The van der Waals surface area contributed by atoms with Gasteiger partial charge in [0.25, 0.3) is 0 Å². The van der Waals surface area contributed by atoms with Crippen molar-refractivity contribution in [2.45, 2.75) is 19.3 Å². The summed E-state index contributed by atoms with van der Waals surface area (Å²) in [5.74, 6) is 1.42. The summed E-state index contributed by atoms with van der Waals surface area (Å²) >= 11 is 0. The second kappa shape index (κ2) is 3.72. The molecule has 1 aromatic rings. The molecule has 0 aliphatic heterocycles. The maximum atomic E-state index is 11.5. The van der Waals surface area contributed by atoms with Gasteiger partial charge in [-0.3, -0.25) is 4.79 Å². The van der Waals surface area contributed by atoms with Crippen LogP contribution in [-0.4, -0.2) is 24.7 Å². The molecule has 0 saturated heterocycles. The molecule has 3 atom stereocenters. The number of hydrogen-bond acceptors (Lipinski definition) is 4. The van der Waals surface area contributed by atoms with E-state index in [1.807, 2.05) is 19.2 Å². The summed E-state index contributed by atoms with van der Waals surface area (Å²) < 4.78 is 10.2. The van der Waals surface area contributed by atoms with Crippen molar-refractivity contribution in [3.8, 4) is 5.88 Å². The quantitative estimate of drug-likeness (QED) is 0.743. The fourth-order valence-corrected chi connectivity index (χ4v) is 2.95. The Hall–Kier alpha value is -1.58. The van der Waals surface area contributed by atoms with Crippen LogP contribution < -0.4 is 4.74 Å². The summed E-state index contributed by atoms with van der Waals surface area (Å²) in [5, 5.41) is 0. The Balaban J connectivity index is 1.82. The molecular formula is C13H15NO3. The van der Waals surface area contributed by atoms with Crippen LogP contribution in [0.5, 0.6) is 5.88 Å². The highest BCUT2D eigenvalue weighted by Gasteiger charge is 2.60. The zero-order valence-corrected chi connectivity index (χ0v) is 9.97. The lowest BCUT2D eigenvalue weighted by atomic mass is 10.0. The Labute approximate surface area is 99.9 Å². The second-order valence-electron chi connectivity index (χ2n) is 4.60. The molecule has 4 heteroatoms. The van der Waals surface area contributed by atoms with Crippen LogP contribution >= 0.6 is 0 Å². The molecule has 0 N–H and O–H groups in total. The monoisotopic (exact) mass is 233 g/mol. The molecule has 1 aromatic heterocycles. The summed E-state index contributed by atoms with van der Waals surface area (Å²) in [6.07, 6.45) is 2.80. The molecule has 0 amide bonds. The SMILES string of the molecule is CCOc1cc2c(cn1)[C@H]1[C@@H](C2)[C@@H]1C(=O)OC. The van der Waals surface area contributed by atoms with Crippen molar-refractivity contribution < 1.29 is 14.3 Å². The van der Waals surface area contributed by atoms with Gasteiger partial charge in [-0.25, -0.2) is 4.98 Å². The predicted molar refractivity (Wildman–Crippen MR) is 60.8 cm³/mol. The highest BCUT2D eigenvalue weighted by atomic mass is 16.5. The van der Waals surface area contributed by atoms with E-state index in [0.29, 0.717) is 24.3 Å². The summed E-state index contributed by atoms with van der Waals surface area (Å²) in [6.45, 7) is 2.57. The maximum Gasteiger partial charge on any atom is 0.309 e. The van der Waals surface area contributed by atoms with Gasteiger partial charge in [0.15, 0.2) is 0 Å². The third kappa shape index (κ3) is 1.51. The molecule has 3 rings (SSSR count). The number of pyridine rings is 1. The van der Waals surface area contributed by atoms with Crippen LogP contribution in [-0.2, 0) is 16.0 Å². The van der Waals surface area contributed by atoms with E-state index < -0.39 is 0 Å². The number of ether oxygens (including phenoxy) is 2. The van der Waals surface area contributed by atoms with Crippen LogP contribution in [0.3, 0.4) is 0 Å². The molecular weight excluding hydrogens is 218 g/mol. The minimum absolute atomic E-state index is 0.0623. The van der Waals surface area contributed by atoms with Crippen molar-refractivity contribution >= 4 is 5.97 Å². The van der Waals surface area contributed by atoms with Crippen LogP contribution in [0, 0.1) is 11.8 Å². The van der Waals surface area contributed by atoms with Crippen molar-refractivity contribution in [2.24, 2.45) is 11.8 Å². The molecule has 1 fully saturated rings. The average Bonchev–Trinajstić information content (AvgIpc) is 2.92. The molecule has 4 nitrogen and oxygen atoms in total. The third-order valence-corrected chi connectivity index (χ3v) is 3.75. The lowest BCUT2D eigenvalue weighted by Gasteiger charge is -2.08. The molecule has 0 radical (unpaired) electrons. The molecule has 17 heavy (non-hydrogen) atoms. The number of methoxy groups -OCH3 is 1. The number of rotatable bonds is 3. The van der Waals surface area contributed by atoms with Gasteiger partial charge in [-0.05, 0) is 30.4 Å². The minimum Gasteiger partial charge on any atom is -0.478 e. The standard InChI is InChI=1S/C13H15NO3/c1-3-17-10-5-7-4-8-11(9(7)6-14-10)12(8)13(15)16-2/h5-6,8,11-12H,3-4H2,1-2H3/t8-,11-,12+/m1/s1. The van der Waals surface area contributed by atoms with Crippen LogP contribution in [0.25, 0.3) is 0 Å². The fourth-order valence-electron chi connectivity index (χ4n) is 2.95. The van der Waals surface area contributed by atoms with Crippen molar-refractivity contribution in [3.05, 3.63) is 23.4 Å². The molecule has 0 aromatic carbocycles. The van der Waals surface area contributed by atoms with E-state index in [0.717, 1.165) is 6.42 Å². The van der Waals surface area contributed by atoms with Gasteiger partial charge in [-0.15, -0.1) is 0 Å². The lowest BCUT2D eigenvalue weighted by Crippen LogP contribution is -2.09. The Morgan fingerprint density at radius 2 is 2.41 bits per heavy atom. The van der Waals surface area contributed by atoms with Crippen molar-refractivity contribution in [2.75, 3.05) is 13.7 Å². The molecule has 2 aliphatic carbocycles. The topological polar surface area (TPSA) is 48.4 Å². The third-order valence-electron chi connectivity index (χ3n) is 3.75. The molecule has 1 saturated carbocycles. The smallest absolute Gasteiger partial charge is 0.309 e. The van der Waals surface area contributed by atoms with E-state index in [1.165, 1.54) is 18.2 Å². The Kier molecular flexibility index (Phi) is 2.31. The fraction of sp³-hybridized carbons (Fsp3) is 0.538. The summed E-state index contributed by atoms with van der Waals surface area (Å²) in [7, 11) is 1.45. The van der Waals surface area contributed by atoms with Gasteiger partial charge in [0.1, 0.15) is 0 Å². The Morgan fingerprint density at radius 1 is 1.59 bits per heavy atom. The van der Waals surface area contributed by atoms with E-state index in [2.05, 4.69) is 4.98 Å². The van der Waals surface area contributed by atoms with Crippen molar-refractivity contribution in [1.29, 1.82) is 0 Å². The largest absolute Gasteiger partial charge is 0.478 e. The molecule has 90 valence electrons. The normalized spacial score (nSPS) is 28.2. The number of esters is 1. The Bertz CT molecular complexity index is 472. The molecule has 0 spiro atoms. The number of carbonyl (C=O) groups excluding carboxylic acids is 1. The second-order valence-corrected chi connectivity index (χ2v) is 4.60. The van der Waals surface area contributed by atoms with Gasteiger partial charge >= 0.3 is 5.97 Å². The summed E-state index contributed by atoms with van der Waals surface area (Å²) in [4.78, 5) is 15.8. The lowest BCUT2D eigenvalue weighted by molar-refractivity contribution is -0.142. The van der Waals surface area contributed by atoms with Crippen LogP contribution in [0.4, 0.5) is 0 Å². The number of fused-ring (bicyclic) bond motifs is 3. The number of aromatic nitrogens is 1. The van der Waals surface area contributed by atoms with Crippen molar-refractivity contribution in [1.82, 2.24) is 4.98 Å². The van der Waals surface area contributed by atoms with Crippen LogP contribution in [0.15, 0.2) is 12.3 Å². The van der Waals surface area contributed by atoms with Gasteiger partial charge in [0, 0.05) is 18.2 Å². The summed E-state index contributed by atoms with van der Waals surface area (Å²) in [5.41, 5.74) is 2.48. The molecule has 0 unspecified atom stereocenters. The Morgan fingerprint density at radius 3 is 3.12 bits per heavy atom. The van der Waals surface area contributed by atoms with E-state index >= 15 is 0 Å². The zero-order chi connectivity index (χ0) is 12.0. The maximum absolute atomic E-state index is 11.5. The van der Waals surface area contributed by atoms with Gasteiger partial charge in [-0.1, -0.05) is 0 Å². The van der Waals surface area contributed by atoms with Crippen LogP contribution in [0.2, 0.25) is 0 Å². The highest BCUT2D eigenvalue weighted by molar-refractivity contribution is 5.79.